The number of rotatable bonds is 4. The molecule has 142 valence electrons. The summed E-state index contributed by atoms with van der Waals surface area (Å²) in [4.78, 5) is 17.1. The van der Waals surface area contributed by atoms with Gasteiger partial charge in [0.25, 0.3) is 0 Å². The normalized spacial score (nSPS) is 30.1. The number of nitrogens with one attached hydrogen (secondary N) is 1. The van der Waals surface area contributed by atoms with Gasteiger partial charge in [0.2, 0.25) is 5.91 Å². The summed E-state index contributed by atoms with van der Waals surface area (Å²) in [5, 5.41) is 4.00. The van der Waals surface area contributed by atoms with Crippen molar-refractivity contribution in [1.82, 2.24) is 15.1 Å². The van der Waals surface area contributed by atoms with Crippen molar-refractivity contribution in [2.75, 3.05) is 39.3 Å². The predicted octanol–water partition coefficient (Wildman–Crippen LogP) is 2.46. The molecule has 0 unspecified atom stereocenters. The minimum Gasteiger partial charge on any atom is -0.371 e. The number of benzene rings is 1. The second-order valence-electron chi connectivity index (χ2n) is 7.82. The zero-order valence-electron chi connectivity index (χ0n) is 15.2. The van der Waals surface area contributed by atoms with E-state index in [0.717, 1.165) is 44.2 Å². The van der Waals surface area contributed by atoms with E-state index in [2.05, 4.69) is 15.1 Å². The summed E-state index contributed by atoms with van der Waals surface area (Å²) >= 11 is 5.98. The maximum atomic E-state index is 12.4. The molecule has 0 saturated carbocycles. The van der Waals surface area contributed by atoms with Gasteiger partial charge in [0.05, 0.1) is 19.3 Å². The molecular weight excluding hydrogens is 350 g/mol. The smallest absolute Gasteiger partial charge is 0.234 e. The van der Waals surface area contributed by atoms with Gasteiger partial charge in [0.15, 0.2) is 0 Å². The first-order valence-corrected chi connectivity index (χ1v) is 10.2. The fourth-order valence-corrected chi connectivity index (χ4v) is 4.58. The Morgan fingerprint density at radius 1 is 1.15 bits per heavy atom. The molecule has 1 N–H and O–H groups in total. The molecule has 26 heavy (non-hydrogen) atoms. The van der Waals surface area contributed by atoms with Crippen molar-refractivity contribution < 1.29 is 9.53 Å². The van der Waals surface area contributed by atoms with Gasteiger partial charge in [-0.15, -0.1) is 0 Å². The van der Waals surface area contributed by atoms with Crippen molar-refractivity contribution in [2.45, 2.75) is 43.9 Å². The van der Waals surface area contributed by atoms with E-state index in [4.69, 9.17) is 16.3 Å². The van der Waals surface area contributed by atoms with Crippen molar-refractivity contribution in [3.8, 4) is 0 Å². The van der Waals surface area contributed by atoms with Gasteiger partial charge in [-0.2, -0.15) is 0 Å². The Bertz CT molecular complexity index is 618. The van der Waals surface area contributed by atoms with E-state index >= 15 is 0 Å². The zero-order chi connectivity index (χ0) is 17.9. The van der Waals surface area contributed by atoms with Gasteiger partial charge < -0.3 is 10.1 Å². The molecule has 3 aliphatic heterocycles. The molecule has 3 fully saturated rings. The van der Waals surface area contributed by atoms with Crippen molar-refractivity contribution in [3.63, 3.8) is 0 Å². The van der Waals surface area contributed by atoms with Crippen LogP contribution in [0.2, 0.25) is 5.02 Å². The first-order chi connectivity index (χ1) is 12.7. The van der Waals surface area contributed by atoms with Gasteiger partial charge >= 0.3 is 0 Å². The largest absolute Gasteiger partial charge is 0.371 e. The Hall–Kier alpha value is -1.14. The topological polar surface area (TPSA) is 44.8 Å². The summed E-state index contributed by atoms with van der Waals surface area (Å²) in [5.74, 6) is 0.173. The molecule has 6 heteroatoms. The summed E-state index contributed by atoms with van der Waals surface area (Å²) < 4.78 is 6.09. The minimum absolute atomic E-state index is 0.0892. The predicted molar refractivity (Wildman–Crippen MR) is 102 cm³/mol. The van der Waals surface area contributed by atoms with Gasteiger partial charge in [-0.05, 0) is 50.0 Å². The SMILES string of the molecule is O=C(CN1CCCCC1)N[C@@H]1C[C@H]2CO[C@@H](c3ccc(Cl)cc3)CN2C1. The average Bonchev–Trinajstić information content (AvgIpc) is 3.04. The summed E-state index contributed by atoms with van der Waals surface area (Å²) in [6.07, 6.45) is 4.81. The van der Waals surface area contributed by atoms with Crippen molar-refractivity contribution in [3.05, 3.63) is 34.9 Å². The van der Waals surface area contributed by atoms with Crippen LogP contribution in [0.3, 0.4) is 0 Å². The molecule has 3 saturated heterocycles. The monoisotopic (exact) mass is 377 g/mol. The maximum absolute atomic E-state index is 12.4. The fourth-order valence-electron chi connectivity index (χ4n) is 4.45. The second-order valence-corrected chi connectivity index (χ2v) is 8.25. The molecule has 0 aliphatic carbocycles. The van der Waals surface area contributed by atoms with Crippen LogP contribution in [0.15, 0.2) is 24.3 Å². The maximum Gasteiger partial charge on any atom is 0.234 e. The quantitative estimate of drug-likeness (QED) is 0.875. The lowest BCUT2D eigenvalue weighted by Crippen LogP contribution is -2.45. The number of hydrogen-bond donors (Lipinski definition) is 1. The molecule has 0 spiro atoms. The van der Waals surface area contributed by atoms with Gasteiger partial charge in [0.1, 0.15) is 0 Å². The van der Waals surface area contributed by atoms with Crippen molar-refractivity contribution in [1.29, 1.82) is 0 Å². The van der Waals surface area contributed by atoms with E-state index in [0.29, 0.717) is 12.6 Å². The highest BCUT2D eigenvalue weighted by Crippen LogP contribution is 2.30. The first kappa shape index (κ1) is 18.2. The van der Waals surface area contributed by atoms with Crippen LogP contribution in [0, 0.1) is 0 Å². The van der Waals surface area contributed by atoms with Crippen LogP contribution in [0.4, 0.5) is 0 Å². The number of fused-ring (bicyclic) bond motifs is 1. The van der Waals surface area contributed by atoms with Crippen LogP contribution in [-0.4, -0.2) is 67.1 Å². The number of hydrogen-bond acceptors (Lipinski definition) is 4. The molecule has 3 atom stereocenters. The third-order valence-electron chi connectivity index (χ3n) is 5.84. The summed E-state index contributed by atoms with van der Waals surface area (Å²) in [6.45, 7) is 5.19. The van der Waals surface area contributed by atoms with E-state index in [1.54, 1.807) is 0 Å². The van der Waals surface area contributed by atoms with Crippen LogP contribution in [0.1, 0.15) is 37.4 Å². The number of ether oxygens (including phenoxy) is 1. The number of nitrogens with zero attached hydrogens (tertiary/aromatic N) is 2. The minimum atomic E-state index is 0.0892. The van der Waals surface area contributed by atoms with Crippen LogP contribution >= 0.6 is 11.6 Å². The van der Waals surface area contributed by atoms with Crippen molar-refractivity contribution >= 4 is 17.5 Å². The molecular formula is C20H28ClN3O2. The molecule has 0 bridgehead atoms. The van der Waals surface area contributed by atoms with E-state index in [9.17, 15) is 4.79 Å². The lowest BCUT2D eigenvalue weighted by Gasteiger charge is -2.35. The Morgan fingerprint density at radius 2 is 1.92 bits per heavy atom. The number of piperidine rings is 1. The summed E-state index contributed by atoms with van der Waals surface area (Å²) in [6, 6.07) is 8.58. The molecule has 1 aromatic rings. The third kappa shape index (κ3) is 4.39. The number of carbonyl (C=O) groups excluding carboxylic acids is 1. The van der Waals surface area contributed by atoms with E-state index in [-0.39, 0.29) is 18.1 Å². The summed E-state index contributed by atoms with van der Waals surface area (Å²) in [7, 11) is 0. The van der Waals surface area contributed by atoms with Gasteiger partial charge in [0, 0.05) is 30.2 Å². The van der Waals surface area contributed by atoms with E-state index in [1.807, 2.05) is 24.3 Å². The average molecular weight is 378 g/mol. The Balaban J connectivity index is 1.27. The third-order valence-corrected chi connectivity index (χ3v) is 6.09. The number of morpholine rings is 1. The van der Waals surface area contributed by atoms with E-state index < -0.39 is 0 Å². The molecule has 0 aromatic heterocycles. The number of likely N-dealkylation sites (tertiary alicyclic amines) is 1. The lowest BCUT2D eigenvalue weighted by atomic mass is 10.1. The van der Waals surface area contributed by atoms with Crippen LogP contribution < -0.4 is 5.32 Å². The zero-order valence-corrected chi connectivity index (χ0v) is 16.0. The fraction of sp³-hybridized carbons (Fsp3) is 0.650. The highest BCUT2D eigenvalue weighted by atomic mass is 35.5. The number of amides is 1. The Labute approximate surface area is 160 Å². The molecule has 4 rings (SSSR count). The summed E-state index contributed by atoms with van der Waals surface area (Å²) in [5.41, 5.74) is 1.17. The lowest BCUT2D eigenvalue weighted by molar-refractivity contribution is -0.123. The van der Waals surface area contributed by atoms with Gasteiger partial charge in [-0.25, -0.2) is 0 Å². The molecule has 1 aromatic carbocycles. The molecule has 1 amide bonds. The number of carbonyl (C=O) groups is 1. The first-order valence-electron chi connectivity index (χ1n) is 9.80. The highest BCUT2D eigenvalue weighted by molar-refractivity contribution is 6.30. The van der Waals surface area contributed by atoms with Crippen LogP contribution in [0.5, 0.6) is 0 Å². The van der Waals surface area contributed by atoms with Gasteiger partial charge in [-0.1, -0.05) is 30.2 Å². The molecule has 3 aliphatic rings. The Morgan fingerprint density at radius 3 is 2.69 bits per heavy atom. The van der Waals surface area contributed by atoms with Crippen LogP contribution in [0.25, 0.3) is 0 Å². The molecule has 5 nitrogen and oxygen atoms in total. The second kappa shape index (κ2) is 8.26. The van der Waals surface area contributed by atoms with Crippen molar-refractivity contribution in [2.24, 2.45) is 0 Å². The van der Waals surface area contributed by atoms with Gasteiger partial charge in [-0.3, -0.25) is 14.6 Å². The highest BCUT2D eigenvalue weighted by Gasteiger charge is 2.38. The Kier molecular flexibility index (Phi) is 5.79. The van der Waals surface area contributed by atoms with E-state index in [1.165, 1.54) is 24.8 Å². The molecule has 0 radical (unpaired) electrons. The van der Waals surface area contributed by atoms with Crippen LogP contribution in [-0.2, 0) is 9.53 Å². The molecule has 3 heterocycles. The standard InChI is InChI=1S/C20H28ClN3O2/c21-16-6-4-15(5-7-16)19-12-24-11-17(10-18(24)14-26-19)22-20(25)13-23-8-2-1-3-9-23/h4-7,17-19H,1-3,8-14H2,(H,22,25)/t17-,18+,19-/m1/s1. The number of halogens is 1.